The van der Waals surface area contributed by atoms with Gasteiger partial charge in [0.1, 0.15) is 6.33 Å². The highest BCUT2D eigenvalue weighted by Crippen LogP contribution is 2.18. The lowest BCUT2D eigenvalue weighted by Gasteiger charge is -2.09. The Morgan fingerprint density at radius 3 is 2.82 bits per heavy atom. The number of aryl methyl sites for hydroxylation is 1. The van der Waals surface area contributed by atoms with Crippen LogP contribution in [0.4, 0.5) is 5.69 Å². The van der Waals surface area contributed by atoms with Crippen molar-refractivity contribution in [3.63, 3.8) is 0 Å². The Hall–Kier alpha value is -2.28. The van der Waals surface area contributed by atoms with Crippen LogP contribution in [-0.4, -0.2) is 32.7 Å². The molecule has 2 aromatic rings. The van der Waals surface area contributed by atoms with Crippen molar-refractivity contribution in [2.75, 3.05) is 11.9 Å². The SMILES string of the molecule is Cc1ccc(NC(=O)CCCCCCN)cc1-n1cnnn1. The van der Waals surface area contributed by atoms with Crippen LogP contribution in [0.2, 0.25) is 0 Å². The second kappa shape index (κ2) is 8.23. The molecule has 0 saturated heterocycles. The maximum absolute atomic E-state index is 11.9. The number of carbonyl (C=O) groups excluding carboxylic acids is 1. The molecule has 1 aromatic heterocycles. The zero-order chi connectivity index (χ0) is 15.8. The van der Waals surface area contributed by atoms with Gasteiger partial charge >= 0.3 is 0 Å². The molecule has 0 fully saturated rings. The van der Waals surface area contributed by atoms with Crippen molar-refractivity contribution in [1.29, 1.82) is 0 Å². The number of amides is 1. The van der Waals surface area contributed by atoms with E-state index in [2.05, 4.69) is 20.8 Å². The van der Waals surface area contributed by atoms with Crippen molar-refractivity contribution in [1.82, 2.24) is 20.2 Å². The highest BCUT2D eigenvalue weighted by molar-refractivity contribution is 5.91. The van der Waals surface area contributed by atoms with Gasteiger partial charge in [0.25, 0.3) is 0 Å². The number of hydrogen-bond acceptors (Lipinski definition) is 5. The Balaban J connectivity index is 1.90. The first-order chi connectivity index (χ1) is 10.7. The van der Waals surface area contributed by atoms with Gasteiger partial charge in [-0.05, 0) is 54.4 Å². The third-order valence-corrected chi connectivity index (χ3v) is 3.45. The summed E-state index contributed by atoms with van der Waals surface area (Å²) < 4.78 is 1.58. The first kappa shape index (κ1) is 16.1. The van der Waals surface area contributed by atoms with Crippen LogP contribution in [0.5, 0.6) is 0 Å². The predicted octanol–water partition coefficient (Wildman–Crippen LogP) is 1.82. The number of unbranched alkanes of at least 4 members (excludes halogenated alkanes) is 3. The summed E-state index contributed by atoms with van der Waals surface area (Å²) in [4.78, 5) is 11.9. The van der Waals surface area contributed by atoms with Crippen molar-refractivity contribution >= 4 is 11.6 Å². The van der Waals surface area contributed by atoms with Crippen LogP contribution in [0.15, 0.2) is 24.5 Å². The van der Waals surface area contributed by atoms with Gasteiger partial charge in [0.05, 0.1) is 5.69 Å². The molecule has 0 aliphatic carbocycles. The molecule has 0 unspecified atom stereocenters. The Kier molecular flexibility index (Phi) is 6.02. The number of nitrogens with one attached hydrogen (secondary N) is 1. The van der Waals surface area contributed by atoms with Crippen LogP contribution in [0.3, 0.4) is 0 Å². The summed E-state index contributed by atoms with van der Waals surface area (Å²) >= 11 is 0. The Morgan fingerprint density at radius 2 is 2.09 bits per heavy atom. The molecule has 0 saturated carbocycles. The Morgan fingerprint density at radius 1 is 1.27 bits per heavy atom. The highest BCUT2D eigenvalue weighted by atomic mass is 16.1. The number of benzene rings is 1. The number of nitrogens with two attached hydrogens (primary N) is 1. The Bertz CT molecular complexity index is 596. The molecule has 0 atom stereocenters. The van der Waals surface area contributed by atoms with Gasteiger partial charge < -0.3 is 11.1 Å². The molecule has 22 heavy (non-hydrogen) atoms. The number of anilines is 1. The van der Waals surface area contributed by atoms with Gasteiger partial charge in [0.2, 0.25) is 5.91 Å². The third kappa shape index (κ3) is 4.63. The van der Waals surface area contributed by atoms with Crippen LogP contribution in [0.25, 0.3) is 5.69 Å². The van der Waals surface area contributed by atoms with Gasteiger partial charge in [0.15, 0.2) is 0 Å². The minimum absolute atomic E-state index is 0.0271. The molecule has 1 aromatic carbocycles. The summed E-state index contributed by atoms with van der Waals surface area (Å²) in [7, 11) is 0. The van der Waals surface area contributed by atoms with Crippen LogP contribution in [0, 0.1) is 6.92 Å². The maximum atomic E-state index is 11.9. The van der Waals surface area contributed by atoms with Gasteiger partial charge in [-0.25, -0.2) is 4.68 Å². The average Bonchev–Trinajstić information content (AvgIpc) is 3.03. The van der Waals surface area contributed by atoms with Crippen LogP contribution in [0.1, 0.15) is 37.7 Å². The molecule has 7 nitrogen and oxygen atoms in total. The topological polar surface area (TPSA) is 98.7 Å². The van der Waals surface area contributed by atoms with Gasteiger partial charge in [-0.15, -0.1) is 5.10 Å². The zero-order valence-electron chi connectivity index (χ0n) is 12.8. The van der Waals surface area contributed by atoms with E-state index in [0.29, 0.717) is 6.42 Å². The lowest BCUT2D eigenvalue weighted by Crippen LogP contribution is -2.12. The van der Waals surface area contributed by atoms with Gasteiger partial charge in [-0.1, -0.05) is 18.9 Å². The fourth-order valence-electron chi connectivity index (χ4n) is 2.21. The summed E-state index contributed by atoms with van der Waals surface area (Å²) in [5, 5.41) is 14.1. The van der Waals surface area contributed by atoms with Crippen molar-refractivity contribution < 1.29 is 4.79 Å². The standard InChI is InChI=1S/C15H22N6O/c1-12-7-8-13(10-14(12)21-11-17-19-20-21)18-15(22)6-4-2-3-5-9-16/h7-8,10-11H,2-6,9,16H2,1H3,(H,18,22). The molecular formula is C15H22N6O. The number of nitrogens with zero attached hydrogens (tertiary/aromatic N) is 4. The number of hydrogen-bond donors (Lipinski definition) is 2. The van der Waals surface area contributed by atoms with E-state index in [1.54, 1.807) is 4.68 Å². The van der Waals surface area contributed by atoms with E-state index in [9.17, 15) is 4.79 Å². The Labute approximate surface area is 129 Å². The molecule has 118 valence electrons. The molecule has 0 bridgehead atoms. The van der Waals surface area contributed by atoms with Crippen LogP contribution >= 0.6 is 0 Å². The van der Waals surface area contributed by atoms with E-state index in [0.717, 1.165) is 49.2 Å². The van der Waals surface area contributed by atoms with Gasteiger partial charge in [-0.3, -0.25) is 4.79 Å². The van der Waals surface area contributed by atoms with Crippen molar-refractivity contribution in [2.24, 2.45) is 5.73 Å². The molecule has 2 rings (SSSR count). The first-order valence-corrected chi connectivity index (χ1v) is 7.54. The fourth-order valence-corrected chi connectivity index (χ4v) is 2.21. The largest absolute Gasteiger partial charge is 0.330 e. The summed E-state index contributed by atoms with van der Waals surface area (Å²) in [6.07, 6.45) is 6.09. The first-order valence-electron chi connectivity index (χ1n) is 7.54. The van der Waals surface area contributed by atoms with Gasteiger partial charge in [-0.2, -0.15) is 0 Å². The van der Waals surface area contributed by atoms with Crippen molar-refractivity contribution in [3.05, 3.63) is 30.1 Å². The monoisotopic (exact) mass is 302 g/mol. The van der Waals surface area contributed by atoms with Crippen LogP contribution < -0.4 is 11.1 Å². The number of rotatable bonds is 8. The average molecular weight is 302 g/mol. The van der Waals surface area contributed by atoms with Crippen molar-refractivity contribution in [2.45, 2.75) is 39.0 Å². The molecular weight excluding hydrogens is 280 g/mol. The molecule has 7 heteroatoms. The molecule has 0 radical (unpaired) electrons. The summed E-state index contributed by atoms with van der Waals surface area (Å²) in [5.74, 6) is 0.0271. The van der Waals surface area contributed by atoms with Crippen LogP contribution in [-0.2, 0) is 4.79 Å². The quantitative estimate of drug-likeness (QED) is 0.725. The molecule has 3 N–H and O–H groups in total. The molecule has 0 spiro atoms. The third-order valence-electron chi connectivity index (χ3n) is 3.45. The normalized spacial score (nSPS) is 10.6. The van der Waals surface area contributed by atoms with E-state index in [-0.39, 0.29) is 5.91 Å². The predicted molar refractivity (Wildman–Crippen MR) is 84.7 cm³/mol. The number of carbonyl (C=O) groups is 1. The number of tetrazole rings is 1. The van der Waals surface area contributed by atoms with E-state index < -0.39 is 0 Å². The summed E-state index contributed by atoms with van der Waals surface area (Å²) in [6, 6.07) is 5.70. The second-order valence-corrected chi connectivity index (χ2v) is 5.26. The molecule has 1 amide bonds. The van der Waals surface area contributed by atoms with Crippen molar-refractivity contribution in [3.8, 4) is 5.69 Å². The molecule has 0 aliphatic rings. The lowest BCUT2D eigenvalue weighted by molar-refractivity contribution is -0.116. The van der Waals surface area contributed by atoms with E-state index in [4.69, 9.17) is 5.73 Å². The summed E-state index contributed by atoms with van der Waals surface area (Å²) in [5.41, 5.74) is 8.08. The van der Waals surface area contributed by atoms with E-state index in [1.165, 1.54) is 6.33 Å². The second-order valence-electron chi connectivity index (χ2n) is 5.26. The zero-order valence-corrected chi connectivity index (χ0v) is 12.8. The minimum atomic E-state index is 0.0271. The number of aromatic nitrogens is 4. The molecule has 0 aliphatic heterocycles. The summed E-state index contributed by atoms with van der Waals surface area (Å²) in [6.45, 7) is 2.69. The smallest absolute Gasteiger partial charge is 0.224 e. The van der Waals surface area contributed by atoms with E-state index in [1.807, 2.05) is 25.1 Å². The van der Waals surface area contributed by atoms with E-state index >= 15 is 0 Å². The fraction of sp³-hybridized carbons (Fsp3) is 0.467. The van der Waals surface area contributed by atoms with Gasteiger partial charge in [0, 0.05) is 12.1 Å². The highest BCUT2D eigenvalue weighted by Gasteiger charge is 2.07. The molecule has 1 heterocycles. The lowest BCUT2D eigenvalue weighted by atomic mass is 10.1. The minimum Gasteiger partial charge on any atom is -0.330 e. The maximum Gasteiger partial charge on any atom is 0.224 e.